The summed E-state index contributed by atoms with van der Waals surface area (Å²) in [5.74, 6) is -0.380. The molecule has 2 N–H and O–H groups in total. The number of ether oxygens (including phenoxy) is 1. The first-order valence-corrected chi connectivity index (χ1v) is 13.2. The molecule has 0 aliphatic carbocycles. The summed E-state index contributed by atoms with van der Waals surface area (Å²) < 4.78 is 37.9. The Balaban J connectivity index is 2.80. The quantitative estimate of drug-likeness (QED) is 0.714. The Morgan fingerprint density at radius 3 is 2.24 bits per heavy atom. The predicted octanol–water partition coefficient (Wildman–Crippen LogP) is 2.45. The lowest BCUT2D eigenvalue weighted by Crippen LogP contribution is -2.57. The van der Waals surface area contributed by atoms with Crippen molar-refractivity contribution in [2.75, 3.05) is 18.9 Å². The Morgan fingerprint density at radius 1 is 1.20 bits per heavy atom. The number of nitrogens with one attached hydrogen (secondary N) is 2. The lowest BCUT2D eigenvalue weighted by atomic mass is 10.0. The lowest BCUT2D eigenvalue weighted by molar-refractivity contribution is 0.0476. The van der Waals surface area contributed by atoms with E-state index in [-0.39, 0.29) is 29.3 Å². The highest BCUT2D eigenvalue weighted by Crippen LogP contribution is 2.37. The molecule has 0 bridgehead atoms. The first-order valence-electron chi connectivity index (χ1n) is 8.63. The van der Waals surface area contributed by atoms with Gasteiger partial charge in [-0.25, -0.2) is 17.9 Å². The maximum atomic E-state index is 12.1. The number of carbonyl (C=O) groups is 1. The number of amides is 1. The standard InChI is InChI=1S/C16H34N2O5SSi/c1-15(2,3)23-14(19)18-13-9-17-24(20,21)11-12(13)10-22-25(7,8)16(4,5)6/h12-13,17H,9-11H2,1-8H3,(H,18,19)/t12-,13-/m1/s1. The molecule has 0 aromatic heterocycles. The summed E-state index contributed by atoms with van der Waals surface area (Å²) in [7, 11) is -5.35. The van der Waals surface area contributed by atoms with Gasteiger partial charge in [-0.1, -0.05) is 20.8 Å². The van der Waals surface area contributed by atoms with Gasteiger partial charge in [0, 0.05) is 19.1 Å². The smallest absolute Gasteiger partial charge is 0.407 e. The maximum absolute atomic E-state index is 12.1. The molecular formula is C16H34N2O5SSi. The minimum atomic E-state index is -3.35. The molecule has 0 aromatic carbocycles. The van der Waals surface area contributed by atoms with Gasteiger partial charge in [0.15, 0.2) is 8.32 Å². The van der Waals surface area contributed by atoms with Gasteiger partial charge in [0.25, 0.3) is 0 Å². The van der Waals surface area contributed by atoms with Crippen LogP contribution < -0.4 is 10.0 Å². The fourth-order valence-corrected chi connectivity index (χ4v) is 4.67. The van der Waals surface area contributed by atoms with Crippen LogP contribution in [0.2, 0.25) is 18.1 Å². The van der Waals surface area contributed by atoms with Crippen molar-refractivity contribution in [1.29, 1.82) is 0 Å². The Hall–Kier alpha value is -0.643. The Morgan fingerprint density at radius 2 is 1.76 bits per heavy atom. The fourth-order valence-electron chi connectivity index (χ4n) is 2.16. The van der Waals surface area contributed by atoms with Crippen molar-refractivity contribution >= 4 is 24.4 Å². The zero-order chi connectivity index (χ0) is 19.7. The van der Waals surface area contributed by atoms with E-state index >= 15 is 0 Å². The third-order valence-corrected chi connectivity index (χ3v) is 10.7. The minimum Gasteiger partial charge on any atom is -0.444 e. The van der Waals surface area contributed by atoms with E-state index in [1.54, 1.807) is 20.8 Å². The van der Waals surface area contributed by atoms with Crippen molar-refractivity contribution < 1.29 is 22.4 Å². The number of sulfonamides is 1. The molecule has 25 heavy (non-hydrogen) atoms. The molecule has 7 nitrogen and oxygen atoms in total. The molecule has 1 rings (SSSR count). The summed E-state index contributed by atoms with van der Waals surface area (Å²) in [5.41, 5.74) is -0.606. The van der Waals surface area contributed by atoms with Crippen LogP contribution in [0, 0.1) is 5.92 Å². The lowest BCUT2D eigenvalue weighted by Gasteiger charge is -2.39. The maximum Gasteiger partial charge on any atom is 0.407 e. The number of hydrogen-bond acceptors (Lipinski definition) is 5. The largest absolute Gasteiger partial charge is 0.444 e. The second-order valence-electron chi connectivity index (χ2n) is 9.21. The SMILES string of the molecule is CC(C)(C)OC(=O)N[C@@H]1CNS(=O)(=O)C[C@H]1CO[Si](C)(C)C(C)(C)C. The molecule has 0 unspecified atom stereocenters. The van der Waals surface area contributed by atoms with Gasteiger partial charge in [-0.2, -0.15) is 0 Å². The fraction of sp³-hybridized carbons (Fsp3) is 0.938. The summed E-state index contributed by atoms with van der Waals surface area (Å²) in [5, 5.41) is 2.82. The van der Waals surface area contributed by atoms with Crippen LogP contribution in [0.3, 0.4) is 0 Å². The number of alkyl carbamates (subject to hydrolysis) is 1. The van der Waals surface area contributed by atoms with Crippen LogP contribution in [-0.4, -0.2) is 53.4 Å². The van der Waals surface area contributed by atoms with Gasteiger partial charge in [0.05, 0.1) is 11.8 Å². The molecule has 1 aliphatic rings. The van der Waals surface area contributed by atoms with Crippen LogP contribution in [0.5, 0.6) is 0 Å². The van der Waals surface area contributed by atoms with E-state index in [1.165, 1.54) is 0 Å². The van der Waals surface area contributed by atoms with Crippen molar-refractivity contribution in [3.8, 4) is 0 Å². The molecule has 148 valence electrons. The molecule has 2 atom stereocenters. The van der Waals surface area contributed by atoms with Crippen molar-refractivity contribution in [2.45, 2.75) is 71.3 Å². The summed E-state index contributed by atoms with van der Waals surface area (Å²) in [6.45, 7) is 16.5. The van der Waals surface area contributed by atoms with Crippen molar-refractivity contribution in [3.63, 3.8) is 0 Å². The van der Waals surface area contributed by atoms with Gasteiger partial charge in [-0.15, -0.1) is 0 Å². The average molecular weight is 395 g/mol. The van der Waals surface area contributed by atoms with Crippen molar-refractivity contribution in [3.05, 3.63) is 0 Å². The average Bonchev–Trinajstić information content (AvgIpc) is 2.35. The first kappa shape index (κ1) is 22.4. The third kappa shape index (κ3) is 7.24. The van der Waals surface area contributed by atoms with Crippen LogP contribution >= 0.6 is 0 Å². The second kappa shape index (κ2) is 7.54. The number of hydrogen-bond donors (Lipinski definition) is 2. The molecule has 0 spiro atoms. The topological polar surface area (TPSA) is 93.7 Å². The second-order valence-corrected chi connectivity index (χ2v) is 15.9. The Labute approximate surface area is 153 Å². The molecule has 0 saturated carbocycles. The highest BCUT2D eigenvalue weighted by Gasteiger charge is 2.40. The van der Waals surface area contributed by atoms with Crippen LogP contribution in [0.4, 0.5) is 4.79 Å². The summed E-state index contributed by atoms with van der Waals surface area (Å²) in [6, 6.07) is -0.358. The van der Waals surface area contributed by atoms with E-state index in [0.29, 0.717) is 6.61 Å². The highest BCUT2D eigenvalue weighted by atomic mass is 32.2. The Bertz CT molecular complexity index is 578. The van der Waals surface area contributed by atoms with Crippen LogP contribution in [0.1, 0.15) is 41.5 Å². The van der Waals surface area contributed by atoms with Crippen LogP contribution in [-0.2, 0) is 19.2 Å². The van der Waals surface area contributed by atoms with Gasteiger partial charge >= 0.3 is 6.09 Å². The zero-order valence-electron chi connectivity index (χ0n) is 16.7. The van der Waals surface area contributed by atoms with E-state index in [2.05, 4.69) is 43.9 Å². The highest BCUT2D eigenvalue weighted by molar-refractivity contribution is 7.89. The van der Waals surface area contributed by atoms with Crippen molar-refractivity contribution in [1.82, 2.24) is 10.0 Å². The van der Waals surface area contributed by atoms with Gasteiger partial charge in [0.2, 0.25) is 10.0 Å². The first-order chi connectivity index (χ1) is 11.0. The van der Waals surface area contributed by atoms with Gasteiger partial charge < -0.3 is 14.5 Å². The van der Waals surface area contributed by atoms with Crippen LogP contribution in [0.15, 0.2) is 0 Å². The Kier molecular flexibility index (Phi) is 6.75. The molecule has 9 heteroatoms. The molecule has 0 radical (unpaired) electrons. The predicted molar refractivity (Wildman–Crippen MR) is 102 cm³/mol. The van der Waals surface area contributed by atoms with Crippen LogP contribution in [0.25, 0.3) is 0 Å². The summed E-state index contributed by atoms with van der Waals surface area (Å²) in [6.07, 6.45) is -0.545. The molecule has 1 amide bonds. The van der Waals surface area contributed by atoms with Gasteiger partial charge in [-0.3, -0.25) is 0 Å². The molecule has 1 saturated heterocycles. The molecule has 0 aromatic rings. The van der Waals surface area contributed by atoms with Gasteiger partial charge in [0.1, 0.15) is 5.60 Å². The number of rotatable bonds is 4. The van der Waals surface area contributed by atoms with E-state index in [9.17, 15) is 13.2 Å². The van der Waals surface area contributed by atoms with Crippen molar-refractivity contribution in [2.24, 2.45) is 5.92 Å². The van der Waals surface area contributed by atoms with E-state index in [0.717, 1.165) is 0 Å². The molecule has 1 fully saturated rings. The monoisotopic (exact) mass is 394 g/mol. The van der Waals surface area contributed by atoms with E-state index < -0.39 is 30.0 Å². The van der Waals surface area contributed by atoms with E-state index in [1.807, 2.05) is 0 Å². The minimum absolute atomic E-state index is 0.0346. The summed E-state index contributed by atoms with van der Waals surface area (Å²) in [4.78, 5) is 12.1. The molecule has 1 aliphatic heterocycles. The van der Waals surface area contributed by atoms with Gasteiger partial charge in [-0.05, 0) is 38.9 Å². The zero-order valence-corrected chi connectivity index (χ0v) is 18.5. The summed E-state index contributed by atoms with van der Waals surface area (Å²) >= 11 is 0. The third-order valence-electron chi connectivity index (χ3n) is 4.69. The normalized spacial score (nSPS) is 24.6. The number of carbonyl (C=O) groups excluding carboxylic acids is 1. The molecule has 1 heterocycles. The van der Waals surface area contributed by atoms with E-state index in [4.69, 9.17) is 9.16 Å². The molecular weight excluding hydrogens is 360 g/mol.